The summed E-state index contributed by atoms with van der Waals surface area (Å²) in [7, 11) is 0. The molecule has 0 spiro atoms. The fourth-order valence-electron chi connectivity index (χ4n) is 4.37. The van der Waals surface area contributed by atoms with Crippen LogP contribution in [0.3, 0.4) is 0 Å². The molecule has 0 fully saturated rings. The zero-order valence-electron chi connectivity index (χ0n) is 19.9. The van der Waals surface area contributed by atoms with Gasteiger partial charge < -0.3 is 5.32 Å². The second kappa shape index (κ2) is 10.1. The Morgan fingerprint density at radius 2 is 1.69 bits per heavy atom. The Labute approximate surface area is 207 Å². The van der Waals surface area contributed by atoms with E-state index in [0.29, 0.717) is 35.5 Å². The molecule has 1 N–H and O–H groups in total. The van der Waals surface area contributed by atoms with Gasteiger partial charge in [0.05, 0.1) is 17.4 Å². The highest BCUT2D eigenvalue weighted by molar-refractivity contribution is 5.80. The summed E-state index contributed by atoms with van der Waals surface area (Å²) in [4.78, 5) is 25.9. The lowest BCUT2D eigenvalue weighted by atomic mass is 10.0. The van der Waals surface area contributed by atoms with Crippen molar-refractivity contribution in [2.45, 2.75) is 32.2 Å². The van der Waals surface area contributed by atoms with Crippen molar-refractivity contribution in [2.24, 2.45) is 0 Å². The second-order valence-corrected chi connectivity index (χ2v) is 8.90. The van der Waals surface area contributed by atoms with Crippen molar-refractivity contribution in [3.05, 3.63) is 112 Å². The van der Waals surface area contributed by atoms with Crippen LogP contribution in [0, 0.1) is 5.82 Å². The van der Waals surface area contributed by atoms with E-state index in [1.807, 2.05) is 40.8 Å². The highest BCUT2D eigenvalue weighted by atomic mass is 19.1. The van der Waals surface area contributed by atoms with Gasteiger partial charge in [0, 0.05) is 19.4 Å². The molecular weight excluding hydrogens is 457 g/mol. The zero-order valence-corrected chi connectivity index (χ0v) is 19.9. The summed E-state index contributed by atoms with van der Waals surface area (Å²) in [6, 6.07) is 23.4. The van der Waals surface area contributed by atoms with Gasteiger partial charge in [0.25, 0.3) is 5.56 Å². The molecule has 36 heavy (non-hydrogen) atoms. The fourth-order valence-corrected chi connectivity index (χ4v) is 4.37. The lowest BCUT2D eigenvalue weighted by molar-refractivity contribution is -0.121. The van der Waals surface area contributed by atoms with E-state index in [-0.39, 0.29) is 36.2 Å². The van der Waals surface area contributed by atoms with Crippen LogP contribution in [0.4, 0.5) is 4.39 Å². The van der Waals surface area contributed by atoms with E-state index in [9.17, 15) is 14.0 Å². The van der Waals surface area contributed by atoms with Gasteiger partial charge in [0.15, 0.2) is 0 Å². The van der Waals surface area contributed by atoms with E-state index in [4.69, 9.17) is 0 Å². The highest BCUT2D eigenvalue weighted by Crippen LogP contribution is 2.17. The van der Waals surface area contributed by atoms with Gasteiger partial charge in [-0.15, -0.1) is 10.2 Å². The normalized spacial score (nSPS) is 12.2. The number of para-hydroxylation sites is 1. The number of rotatable bonds is 8. The first-order chi connectivity index (χ1) is 17.5. The number of hydrogen-bond acceptors (Lipinski definition) is 4. The standard InChI is InChI=1S/C28H26FN5O2/c1-19(21-7-3-2-4-8-21)17-30-26(35)16-15-25-31-32-28-33(18-20-11-13-22(29)14-12-20)27(36)23-9-5-6-10-24(23)34(25)28/h2-14,19H,15-18H2,1H3,(H,30,35)/t19-/m1/s1. The summed E-state index contributed by atoms with van der Waals surface area (Å²) >= 11 is 0. The zero-order chi connectivity index (χ0) is 25.1. The van der Waals surface area contributed by atoms with Crippen LogP contribution in [-0.4, -0.2) is 31.6 Å². The van der Waals surface area contributed by atoms with Crippen molar-refractivity contribution >= 4 is 22.6 Å². The summed E-state index contributed by atoms with van der Waals surface area (Å²) in [5.41, 5.74) is 2.43. The molecule has 5 rings (SSSR count). The summed E-state index contributed by atoms with van der Waals surface area (Å²) in [6.07, 6.45) is 0.610. The van der Waals surface area contributed by atoms with Crippen molar-refractivity contribution in [1.29, 1.82) is 0 Å². The molecule has 182 valence electrons. The van der Waals surface area contributed by atoms with Crippen LogP contribution < -0.4 is 10.9 Å². The van der Waals surface area contributed by atoms with E-state index >= 15 is 0 Å². The van der Waals surface area contributed by atoms with Crippen LogP contribution >= 0.6 is 0 Å². The van der Waals surface area contributed by atoms with Crippen molar-refractivity contribution in [1.82, 2.24) is 24.5 Å². The molecule has 2 heterocycles. The van der Waals surface area contributed by atoms with Crippen LogP contribution in [0.1, 0.15) is 36.2 Å². The maximum absolute atomic E-state index is 13.4. The molecule has 1 amide bonds. The first-order valence-corrected chi connectivity index (χ1v) is 11.9. The summed E-state index contributed by atoms with van der Waals surface area (Å²) in [5.74, 6) is 0.778. The largest absolute Gasteiger partial charge is 0.355 e. The van der Waals surface area contributed by atoms with Crippen molar-refractivity contribution in [2.75, 3.05) is 6.54 Å². The van der Waals surface area contributed by atoms with Crippen LogP contribution in [0.25, 0.3) is 16.7 Å². The molecule has 0 saturated carbocycles. The van der Waals surface area contributed by atoms with Gasteiger partial charge in [-0.3, -0.25) is 18.6 Å². The molecule has 0 unspecified atom stereocenters. The molecule has 1 atom stereocenters. The molecule has 0 aliphatic rings. The number of hydrogen-bond donors (Lipinski definition) is 1. The Balaban J connectivity index is 1.39. The Kier molecular flexibility index (Phi) is 6.58. The minimum atomic E-state index is -0.337. The summed E-state index contributed by atoms with van der Waals surface area (Å²) < 4.78 is 16.7. The van der Waals surface area contributed by atoms with Gasteiger partial charge in [-0.05, 0) is 41.3 Å². The SMILES string of the molecule is C[C@H](CNC(=O)CCc1nnc2n(Cc3ccc(F)cc3)c(=O)c3ccccc3n12)c1ccccc1. The third-order valence-electron chi connectivity index (χ3n) is 6.38. The molecule has 5 aromatic rings. The second-order valence-electron chi connectivity index (χ2n) is 8.90. The number of carbonyl (C=O) groups is 1. The molecule has 3 aromatic carbocycles. The number of nitrogens with zero attached hydrogens (tertiary/aromatic N) is 4. The number of benzene rings is 3. The summed E-state index contributed by atoms with van der Waals surface area (Å²) in [6.45, 7) is 2.85. The number of amides is 1. The minimum absolute atomic E-state index is 0.0709. The molecular formula is C28H26FN5O2. The Morgan fingerprint density at radius 1 is 0.972 bits per heavy atom. The van der Waals surface area contributed by atoms with E-state index in [1.165, 1.54) is 22.3 Å². The quantitative estimate of drug-likeness (QED) is 0.361. The van der Waals surface area contributed by atoms with Gasteiger partial charge in [0.1, 0.15) is 11.6 Å². The van der Waals surface area contributed by atoms with Gasteiger partial charge in [-0.25, -0.2) is 4.39 Å². The lowest BCUT2D eigenvalue weighted by Crippen LogP contribution is -2.28. The van der Waals surface area contributed by atoms with Crippen LogP contribution in [-0.2, 0) is 17.8 Å². The number of carbonyl (C=O) groups excluding carboxylic acids is 1. The van der Waals surface area contributed by atoms with Gasteiger partial charge in [-0.1, -0.05) is 61.5 Å². The van der Waals surface area contributed by atoms with E-state index in [2.05, 4.69) is 34.6 Å². The Bertz CT molecular complexity index is 1580. The topological polar surface area (TPSA) is 81.3 Å². The Hall–Kier alpha value is -4.33. The predicted molar refractivity (Wildman–Crippen MR) is 136 cm³/mol. The first-order valence-electron chi connectivity index (χ1n) is 11.9. The average Bonchev–Trinajstić information content (AvgIpc) is 3.34. The van der Waals surface area contributed by atoms with E-state index < -0.39 is 0 Å². The van der Waals surface area contributed by atoms with E-state index in [1.54, 1.807) is 18.2 Å². The fraction of sp³-hybridized carbons (Fsp3) is 0.214. The van der Waals surface area contributed by atoms with Gasteiger partial charge >= 0.3 is 0 Å². The third-order valence-corrected chi connectivity index (χ3v) is 6.38. The van der Waals surface area contributed by atoms with Gasteiger partial charge in [-0.2, -0.15) is 0 Å². The van der Waals surface area contributed by atoms with Crippen LogP contribution in [0.2, 0.25) is 0 Å². The molecule has 0 saturated heterocycles. The molecule has 2 aromatic heterocycles. The number of aryl methyl sites for hydroxylation is 1. The maximum Gasteiger partial charge on any atom is 0.263 e. The monoisotopic (exact) mass is 483 g/mol. The molecule has 0 aliphatic carbocycles. The van der Waals surface area contributed by atoms with Crippen molar-refractivity contribution in [3.63, 3.8) is 0 Å². The Morgan fingerprint density at radius 3 is 2.47 bits per heavy atom. The van der Waals surface area contributed by atoms with Crippen molar-refractivity contribution < 1.29 is 9.18 Å². The number of nitrogens with one attached hydrogen (secondary N) is 1. The van der Waals surface area contributed by atoms with Crippen LogP contribution in [0.15, 0.2) is 83.7 Å². The maximum atomic E-state index is 13.4. The van der Waals surface area contributed by atoms with E-state index in [0.717, 1.165) is 5.56 Å². The average molecular weight is 484 g/mol. The number of aromatic nitrogens is 4. The molecule has 8 heteroatoms. The smallest absolute Gasteiger partial charge is 0.263 e. The van der Waals surface area contributed by atoms with Crippen molar-refractivity contribution in [3.8, 4) is 0 Å². The number of halogens is 1. The third kappa shape index (κ3) is 4.75. The van der Waals surface area contributed by atoms with Crippen LogP contribution in [0.5, 0.6) is 0 Å². The van der Waals surface area contributed by atoms with Gasteiger partial charge in [0.2, 0.25) is 11.7 Å². The molecule has 0 bridgehead atoms. The minimum Gasteiger partial charge on any atom is -0.355 e. The molecule has 0 radical (unpaired) electrons. The first kappa shape index (κ1) is 23.4. The summed E-state index contributed by atoms with van der Waals surface area (Å²) in [5, 5.41) is 12.2. The lowest BCUT2D eigenvalue weighted by Gasteiger charge is -2.13. The molecule has 7 nitrogen and oxygen atoms in total. The highest BCUT2D eigenvalue weighted by Gasteiger charge is 2.17. The number of fused-ring (bicyclic) bond motifs is 3. The predicted octanol–water partition coefficient (Wildman–Crippen LogP) is 4.08. The molecule has 0 aliphatic heterocycles.